The van der Waals surface area contributed by atoms with E-state index in [9.17, 15) is 4.79 Å². The summed E-state index contributed by atoms with van der Waals surface area (Å²) in [5.41, 5.74) is 2.23. The van der Waals surface area contributed by atoms with Crippen molar-refractivity contribution in [3.63, 3.8) is 0 Å². The lowest BCUT2D eigenvalue weighted by Crippen LogP contribution is -2.12. The molecule has 0 aliphatic heterocycles. The fourth-order valence-electron chi connectivity index (χ4n) is 1.73. The SMILES string of the molecule is CCOC(=O)c1cc(C)nc2c(C#N)c(C)nn12. The maximum Gasteiger partial charge on any atom is 0.357 e. The van der Waals surface area contributed by atoms with Gasteiger partial charge in [-0.25, -0.2) is 14.3 Å². The molecule has 0 saturated carbocycles. The van der Waals surface area contributed by atoms with Crippen LogP contribution in [0.1, 0.15) is 34.4 Å². The molecule has 0 atom stereocenters. The molecule has 0 saturated heterocycles. The Balaban J connectivity index is 2.75. The number of esters is 1. The van der Waals surface area contributed by atoms with Gasteiger partial charge in [0.2, 0.25) is 0 Å². The maximum atomic E-state index is 11.8. The van der Waals surface area contributed by atoms with Gasteiger partial charge in [-0.2, -0.15) is 10.4 Å². The second-order valence-electron chi connectivity index (χ2n) is 3.81. The van der Waals surface area contributed by atoms with E-state index in [1.54, 1.807) is 26.8 Å². The van der Waals surface area contributed by atoms with Gasteiger partial charge in [0.1, 0.15) is 11.6 Å². The van der Waals surface area contributed by atoms with E-state index in [-0.39, 0.29) is 12.3 Å². The number of hydrogen-bond acceptors (Lipinski definition) is 5. The Hall–Kier alpha value is -2.42. The van der Waals surface area contributed by atoms with E-state index < -0.39 is 5.97 Å². The number of hydrogen-bond donors (Lipinski definition) is 0. The van der Waals surface area contributed by atoms with Crippen molar-refractivity contribution in [1.29, 1.82) is 5.26 Å². The number of carbonyl (C=O) groups excluding carboxylic acids is 1. The summed E-state index contributed by atoms with van der Waals surface area (Å²) < 4.78 is 6.32. The van der Waals surface area contributed by atoms with Crippen LogP contribution in [-0.2, 0) is 4.74 Å². The highest BCUT2D eigenvalue weighted by Gasteiger charge is 2.18. The average molecular weight is 244 g/mol. The van der Waals surface area contributed by atoms with Crippen LogP contribution in [0.25, 0.3) is 5.65 Å². The topological polar surface area (TPSA) is 80.3 Å². The molecule has 0 unspecified atom stereocenters. The monoisotopic (exact) mass is 244 g/mol. The molecular weight excluding hydrogens is 232 g/mol. The predicted molar refractivity (Wildman–Crippen MR) is 63.1 cm³/mol. The fourth-order valence-corrected chi connectivity index (χ4v) is 1.73. The lowest BCUT2D eigenvalue weighted by Gasteiger charge is -2.05. The van der Waals surface area contributed by atoms with Gasteiger partial charge >= 0.3 is 5.97 Å². The van der Waals surface area contributed by atoms with Crippen LogP contribution in [-0.4, -0.2) is 27.2 Å². The van der Waals surface area contributed by atoms with Crippen molar-refractivity contribution < 1.29 is 9.53 Å². The van der Waals surface area contributed by atoms with Crippen molar-refractivity contribution in [2.24, 2.45) is 0 Å². The summed E-state index contributed by atoms with van der Waals surface area (Å²) >= 11 is 0. The first-order chi connectivity index (χ1) is 8.58. The predicted octanol–water partition coefficient (Wildman–Crippen LogP) is 1.39. The molecule has 6 heteroatoms. The highest BCUT2D eigenvalue weighted by molar-refractivity contribution is 5.88. The van der Waals surface area contributed by atoms with Crippen molar-refractivity contribution in [2.75, 3.05) is 6.61 Å². The first kappa shape index (κ1) is 12.0. The van der Waals surface area contributed by atoms with Gasteiger partial charge in [-0.3, -0.25) is 0 Å². The highest BCUT2D eigenvalue weighted by atomic mass is 16.5. The van der Waals surface area contributed by atoms with E-state index in [0.717, 1.165) is 0 Å². The summed E-state index contributed by atoms with van der Waals surface area (Å²) in [6.45, 7) is 5.48. The zero-order chi connectivity index (χ0) is 13.3. The number of nitriles is 1. The van der Waals surface area contributed by atoms with E-state index in [1.807, 2.05) is 6.07 Å². The maximum absolute atomic E-state index is 11.8. The third-order valence-corrected chi connectivity index (χ3v) is 2.49. The number of carbonyl (C=O) groups is 1. The minimum atomic E-state index is -0.472. The van der Waals surface area contributed by atoms with Crippen LogP contribution < -0.4 is 0 Å². The number of aryl methyl sites for hydroxylation is 2. The van der Waals surface area contributed by atoms with Gasteiger partial charge in [0, 0.05) is 5.69 Å². The van der Waals surface area contributed by atoms with E-state index in [1.165, 1.54) is 4.52 Å². The Morgan fingerprint density at radius 2 is 2.28 bits per heavy atom. The Morgan fingerprint density at radius 1 is 1.56 bits per heavy atom. The lowest BCUT2D eigenvalue weighted by molar-refractivity contribution is 0.0516. The quantitative estimate of drug-likeness (QED) is 0.746. The molecule has 2 rings (SSSR count). The van der Waals surface area contributed by atoms with Crippen molar-refractivity contribution in [3.8, 4) is 6.07 Å². The molecule has 0 N–H and O–H groups in total. The van der Waals surface area contributed by atoms with Crippen LogP contribution >= 0.6 is 0 Å². The first-order valence-corrected chi connectivity index (χ1v) is 5.52. The molecular formula is C12H12N4O2. The molecule has 0 aliphatic carbocycles. The van der Waals surface area contributed by atoms with E-state index in [4.69, 9.17) is 10.00 Å². The molecule has 92 valence electrons. The number of rotatable bonds is 2. The number of nitrogens with zero attached hydrogens (tertiary/aromatic N) is 4. The molecule has 2 aromatic rings. The van der Waals surface area contributed by atoms with E-state index in [0.29, 0.717) is 22.6 Å². The van der Waals surface area contributed by atoms with Gasteiger partial charge in [0.05, 0.1) is 12.3 Å². The molecule has 0 radical (unpaired) electrons. The summed E-state index contributed by atoms with van der Waals surface area (Å²) in [6.07, 6.45) is 0. The minimum Gasteiger partial charge on any atom is -0.461 e. The Kier molecular flexibility index (Phi) is 2.98. The highest BCUT2D eigenvalue weighted by Crippen LogP contribution is 2.15. The van der Waals surface area contributed by atoms with Crippen LogP contribution in [0.2, 0.25) is 0 Å². The standard InChI is InChI=1S/C12H12N4O2/c1-4-18-12(17)10-5-7(2)14-11-9(6-13)8(3)15-16(10)11/h5H,4H2,1-3H3. The number of aromatic nitrogens is 3. The van der Waals surface area contributed by atoms with Gasteiger partial charge in [-0.1, -0.05) is 0 Å². The van der Waals surface area contributed by atoms with Gasteiger partial charge in [-0.15, -0.1) is 0 Å². The van der Waals surface area contributed by atoms with Crippen molar-refractivity contribution >= 4 is 11.6 Å². The number of fused-ring (bicyclic) bond motifs is 1. The normalized spacial score (nSPS) is 10.3. The van der Waals surface area contributed by atoms with Crippen molar-refractivity contribution in [1.82, 2.24) is 14.6 Å². The first-order valence-electron chi connectivity index (χ1n) is 5.52. The molecule has 0 bridgehead atoms. The Morgan fingerprint density at radius 3 is 2.89 bits per heavy atom. The number of ether oxygens (including phenoxy) is 1. The second kappa shape index (κ2) is 4.45. The van der Waals surface area contributed by atoms with Crippen LogP contribution in [0, 0.1) is 25.2 Å². The van der Waals surface area contributed by atoms with E-state index >= 15 is 0 Å². The molecule has 0 aromatic carbocycles. The zero-order valence-electron chi connectivity index (χ0n) is 10.4. The zero-order valence-corrected chi connectivity index (χ0v) is 10.4. The van der Waals surface area contributed by atoms with Gasteiger partial charge in [0.15, 0.2) is 11.3 Å². The van der Waals surface area contributed by atoms with Crippen LogP contribution in [0.15, 0.2) is 6.07 Å². The third-order valence-electron chi connectivity index (χ3n) is 2.49. The average Bonchev–Trinajstić information content (AvgIpc) is 2.63. The summed E-state index contributed by atoms with van der Waals surface area (Å²) in [5, 5.41) is 13.2. The molecule has 0 spiro atoms. The smallest absolute Gasteiger partial charge is 0.357 e. The largest absolute Gasteiger partial charge is 0.461 e. The summed E-state index contributed by atoms with van der Waals surface area (Å²) in [4.78, 5) is 16.1. The lowest BCUT2D eigenvalue weighted by atomic mass is 10.2. The molecule has 0 amide bonds. The van der Waals surface area contributed by atoms with Crippen LogP contribution in [0.5, 0.6) is 0 Å². The molecule has 18 heavy (non-hydrogen) atoms. The molecule has 2 heterocycles. The van der Waals surface area contributed by atoms with Gasteiger partial charge in [0.25, 0.3) is 0 Å². The Labute approximate surface area is 104 Å². The van der Waals surface area contributed by atoms with Crippen LogP contribution in [0.4, 0.5) is 0 Å². The van der Waals surface area contributed by atoms with Crippen molar-refractivity contribution in [3.05, 3.63) is 28.7 Å². The minimum absolute atomic E-state index is 0.281. The second-order valence-corrected chi connectivity index (χ2v) is 3.81. The Bertz CT molecular complexity index is 667. The third kappa shape index (κ3) is 1.80. The summed E-state index contributed by atoms with van der Waals surface area (Å²) in [6, 6.07) is 3.64. The molecule has 2 aromatic heterocycles. The fraction of sp³-hybridized carbons (Fsp3) is 0.333. The molecule has 0 aliphatic rings. The van der Waals surface area contributed by atoms with Crippen LogP contribution in [0.3, 0.4) is 0 Å². The summed E-state index contributed by atoms with van der Waals surface area (Å²) in [7, 11) is 0. The van der Waals surface area contributed by atoms with Crippen molar-refractivity contribution in [2.45, 2.75) is 20.8 Å². The van der Waals surface area contributed by atoms with Gasteiger partial charge < -0.3 is 4.74 Å². The molecule has 0 fully saturated rings. The van der Waals surface area contributed by atoms with E-state index in [2.05, 4.69) is 10.1 Å². The van der Waals surface area contributed by atoms with Gasteiger partial charge in [-0.05, 0) is 26.8 Å². The molecule has 6 nitrogen and oxygen atoms in total. The summed E-state index contributed by atoms with van der Waals surface area (Å²) in [5.74, 6) is -0.472.